The van der Waals surface area contributed by atoms with Gasteiger partial charge in [-0.2, -0.15) is 4.39 Å². The smallest absolute Gasteiger partial charge is 0.331 e. The van der Waals surface area contributed by atoms with Crippen LogP contribution >= 0.6 is 0 Å². The monoisotopic (exact) mass is 216 g/mol. The molecule has 0 aliphatic rings. The van der Waals surface area contributed by atoms with Crippen LogP contribution in [0.4, 0.5) is 4.39 Å². The molecule has 0 aliphatic heterocycles. The topological polar surface area (TPSA) is 81.2 Å². The highest BCUT2D eigenvalue weighted by Crippen LogP contribution is 1.86. The van der Waals surface area contributed by atoms with Gasteiger partial charge < -0.3 is 9.72 Å². The Bertz CT molecular complexity index is 476. The van der Waals surface area contributed by atoms with Gasteiger partial charge in [0, 0.05) is 12.6 Å². The summed E-state index contributed by atoms with van der Waals surface area (Å²) in [6.45, 7) is 0.972. The average Bonchev–Trinajstić information content (AvgIpc) is 2.23. The van der Waals surface area contributed by atoms with Crippen molar-refractivity contribution in [1.29, 1.82) is 0 Å². The first kappa shape index (κ1) is 11.2. The minimum Gasteiger partial charge on any atom is -0.444 e. The fourth-order valence-corrected chi connectivity index (χ4v) is 0.842. The van der Waals surface area contributed by atoms with Gasteiger partial charge in [0.25, 0.3) is 5.56 Å². The second kappa shape index (κ2) is 4.54. The Morgan fingerprint density at radius 1 is 1.60 bits per heavy atom. The van der Waals surface area contributed by atoms with E-state index in [1.165, 1.54) is 0 Å². The third-order valence-corrected chi connectivity index (χ3v) is 1.66. The zero-order valence-electron chi connectivity index (χ0n) is 7.95. The second-order valence-corrected chi connectivity index (χ2v) is 2.67. The summed E-state index contributed by atoms with van der Waals surface area (Å²) in [5.41, 5.74) is -1.95. The van der Waals surface area contributed by atoms with Gasteiger partial charge in [-0.1, -0.05) is 6.92 Å². The molecule has 0 aliphatic carbocycles. The lowest BCUT2D eigenvalue weighted by atomic mass is 10.5. The third kappa shape index (κ3) is 2.52. The predicted molar refractivity (Wildman–Crippen MR) is 47.7 cm³/mol. The molecule has 1 aromatic rings. The van der Waals surface area contributed by atoms with Crippen molar-refractivity contribution < 1.29 is 13.9 Å². The number of carbonyl (C=O) groups is 1. The molecule has 1 heterocycles. The van der Waals surface area contributed by atoms with E-state index in [9.17, 15) is 18.8 Å². The van der Waals surface area contributed by atoms with Crippen LogP contribution in [0.2, 0.25) is 0 Å². The Labute approximate surface area is 83.3 Å². The van der Waals surface area contributed by atoms with Crippen molar-refractivity contribution in [2.45, 2.75) is 20.1 Å². The first-order chi connectivity index (χ1) is 7.06. The van der Waals surface area contributed by atoms with Gasteiger partial charge in [0.2, 0.25) is 5.82 Å². The molecule has 1 rings (SSSR count). The molecule has 0 spiro atoms. The summed E-state index contributed by atoms with van der Waals surface area (Å²) in [6, 6.07) is 0. The maximum absolute atomic E-state index is 12.7. The number of hydrogen-bond acceptors (Lipinski definition) is 4. The van der Waals surface area contributed by atoms with E-state index in [4.69, 9.17) is 0 Å². The maximum Gasteiger partial charge on any atom is 0.331 e. The SMILES string of the molecule is CCC(=O)OCn1c(=O)[nH]cc(F)c1=O. The second-order valence-electron chi connectivity index (χ2n) is 2.67. The lowest BCUT2D eigenvalue weighted by Crippen LogP contribution is -2.37. The van der Waals surface area contributed by atoms with Gasteiger partial charge in [0.05, 0.1) is 0 Å². The number of H-pyrrole nitrogens is 1. The van der Waals surface area contributed by atoms with Crippen LogP contribution in [-0.4, -0.2) is 15.5 Å². The Morgan fingerprint density at radius 2 is 2.27 bits per heavy atom. The molecule has 0 radical (unpaired) electrons. The Balaban J connectivity index is 2.95. The fourth-order valence-electron chi connectivity index (χ4n) is 0.842. The molecule has 0 aromatic carbocycles. The van der Waals surface area contributed by atoms with Crippen LogP contribution in [0.5, 0.6) is 0 Å². The number of esters is 1. The standard InChI is InChI=1S/C8H9FN2O4/c1-2-6(12)15-4-11-7(13)5(9)3-10-8(11)14/h3H,2,4H2,1H3,(H,10,14). The Morgan fingerprint density at radius 3 is 2.87 bits per heavy atom. The lowest BCUT2D eigenvalue weighted by Gasteiger charge is -2.04. The van der Waals surface area contributed by atoms with Crippen molar-refractivity contribution >= 4 is 5.97 Å². The van der Waals surface area contributed by atoms with E-state index in [1.54, 1.807) is 6.92 Å². The lowest BCUT2D eigenvalue weighted by molar-refractivity contribution is -0.147. The van der Waals surface area contributed by atoms with E-state index < -0.39 is 29.8 Å². The quantitative estimate of drug-likeness (QED) is 0.696. The van der Waals surface area contributed by atoms with Crippen LogP contribution in [0.25, 0.3) is 0 Å². The highest BCUT2D eigenvalue weighted by molar-refractivity contribution is 5.68. The molecule has 0 fully saturated rings. The molecule has 0 amide bonds. The summed E-state index contributed by atoms with van der Waals surface area (Å²) in [4.78, 5) is 34.9. The molecule has 0 bridgehead atoms. The van der Waals surface area contributed by atoms with Crippen molar-refractivity contribution in [1.82, 2.24) is 9.55 Å². The van der Waals surface area contributed by atoms with Crippen LogP contribution in [0.3, 0.4) is 0 Å². The number of rotatable bonds is 3. The highest BCUT2D eigenvalue weighted by atomic mass is 19.1. The summed E-state index contributed by atoms with van der Waals surface area (Å²) in [6.07, 6.45) is 0.769. The third-order valence-electron chi connectivity index (χ3n) is 1.66. The van der Waals surface area contributed by atoms with E-state index in [2.05, 4.69) is 4.74 Å². The summed E-state index contributed by atoms with van der Waals surface area (Å²) < 4.78 is 17.7. The number of nitrogens with one attached hydrogen (secondary N) is 1. The van der Waals surface area contributed by atoms with Crippen molar-refractivity contribution in [3.05, 3.63) is 32.9 Å². The summed E-state index contributed by atoms with van der Waals surface area (Å²) >= 11 is 0. The van der Waals surface area contributed by atoms with Gasteiger partial charge >= 0.3 is 11.7 Å². The van der Waals surface area contributed by atoms with Crippen molar-refractivity contribution in [2.24, 2.45) is 0 Å². The van der Waals surface area contributed by atoms with Crippen molar-refractivity contribution in [3.63, 3.8) is 0 Å². The van der Waals surface area contributed by atoms with Gasteiger partial charge in [0.1, 0.15) is 0 Å². The van der Waals surface area contributed by atoms with Gasteiger partial charge in [-0.3, -0.25) is 9.59 Å². The zero-order valence-corrected chi connectivity index (χ0v) is 7.95. The van der Waals surface area contributed by atoms with Crippen LogP contribution < -0.4 is 11.2 Å². The number of nitrogens with zero attached hydrogens (tertiary/aromatic N) is 1. The number of aromatic amines is 1. The van der Waals surface area contributed by atoms with Gasteiger partial charge in [-0.25, -0.2) is 9.36 Å². The van der Waals surface area contributed by atoms with Crippen molar-refractivity contribution in [3.8, 4) is 0 Å². The summed E-state index contributed by atoms with van der Waals surface area (Å²) in [5, 5.41) is 0. The first-order valence-electron chi connectivity index (χ1n) is 4.20. The molecule has 1 N–H and O–H groups in total. The number of carbonyl (C=O) groups excluding carboxylic acids is 1. The maximum atomic E-state index is 12.7. The first-order valence-corrected chi connectivity index (χ1v) is 4.20. The van der Waals surface area contributed by atoms with Crippen molar-refractivity contribution in [2.75, 3.05) is 0 Å². The summed E-state index contributed by atoms with van der Waals surface area (Å²) in [7, 11) is 0. The van der Waals surface area contributed by atoms with E-state index >= 15 is 0 Å². The molecule has 0 atom stereocenters. The zero-order chi connectivity index (χ0) is 11.4. The molecule has 82 valence electrons. The summed E-state index contributed by atoms with van der Waals surface area (Å²) in [5.74, 6) is -1.69. The minimum atomic E-state index is -1.12. The van der Waals surface area contributed by atoms with E-state index in [1.807, 2.05) is 4.98 Å². The molecule has 0 saturated carbocycles. The number of hydrogen-bond donors (Lipinski definition) is 1. The van der Waals surface area contributed by atoms with Crippen LogP contribution in [0.15, 0.2) is 15.8 Å². The van der Waals surface area contributed by atoms with Crippen LogP contribution in [-0.2, 0) is 16.3 Å². The van der Waals surface area contributed by atoms with E-state index in [-0.39, 0.29) is 6.42 Å². The van der Waals surface area contributed by atoms with Gasteiger partial charge in [-0.15, -0.1) is 0 Å². The molecule has 7 heteroatoms. The largest absolute Gasteiger partial charge is 0.444 e. The average molecular weight is 216 g/mol. The van der Waals surface area contributed by atoms with Crippen LogP contribution in [0, 0.1) is 5.82 Å². The fraction of sp³-hybridized carbons (Fsp3) is 0.375. The molecule has 15 heavy (non-hydrogen) atoms. The van der Waals surface area contributed by atoms with E-state index in [0.29, 0.717) is 10.8 Å². The molecular formula is C8H9FN2O4. The highest BCUT2D eigenvalue weighted by Gasteiger charge is 2.08. The molecular weight excluding hydrogens is 207 g/mol. The molecule has 1 aromatic heterocycles. The predicted octanol–water partition coefficient (Wildman–Crippen LogP) is -0.414. The molecule has 0 unspecified atom stereocenters. The van der Waals surface area contributed by atoms with Gasteiger partial charge in [-0.05, 0) is 0 Å². The van der Waals surface area contributed by atoms with Gasteiger partial charge in [0.15, 0.2) is 6.73 Å². The van der Waals surface area contributed by atoms with Crippen LogP contribution in [0.1, 0.15) is 13.3 Å². The molecule has 0 saturated heterocycles. The Hall–Kier alpha value is -1.92. The Kier molecular flexibility index (Phi) is 3.37. The minimum absolute atomic E-state index is 0.113. The number of aromatic nitrogens is 2. The number of ether oxygens (including phenoxy) is 1. The molecule has 6 nitrogen and oxygen atoms in total. The normalized spacial score (nSPS) is 10.0. The number of halogens is 1. The van der Waals surface area contributed by atoms with E-state index in [0.717, 1.165) is 0 Å².